The van der Waals surface area contributed by atoms with Crippen molar-refractivity contribution in [3.8, 4) is 28.3 Å². The van der Waals surface area contributed by atoms with Crippen LogP contribution >= 0.6 is 0 Å². The fourth-order valence-electron chi connectivity index (χ4n) is 4.73. The fraction of sp³-hybridized carbons (Fsp3) is 0.0909. The van der Waals surface area contributed by atoms with Crippen LogP contribution in [0.4, 0.5) is 0 Å². The molecule has 168 valence electrons. The minimum Gasteiger partial charge on any atom is -0.457 e. The van der Waals surface area contributed by atoms with Gasteiger partial charge in [-0.25, -0.2) is 0 Å². The Morgan fingerprint density at radius 1 is 0.714 bits per heavy atom. The molecule has 0 spiro atoms. The summed E-state index contributed by atoms with van der Waals surface area (Å²) in [5.41, 5.74) is -2.45. The van der Waals surface area contributed by atoms with Gasteiger partial charge in [0.15, 0.2) is 0 Å². The summed E-state index contributed by atoms with van der Waals surface area (Å²) in [6, 6.07) is 16.9. The van der Waals surface area contributed by atoms with E-state index in [1.165, 1.54) is 0 Å². The fourth-order valence-corrected chi connectivity index (χ4v) is 4.73. The van der Waals surface area contributed by atoms with Crippen molar-refractivity contribution in [1.29, 1.82) is 0 Å². The summed E-state index contributed by atoms with van der Waals surface area (Å²) >= 11 is 0. The smallest absolute Gasteiger partial charge is 0.131 e. The number of fused-ring (bicyclic) bond motifs is 5. The predicted octanol–water partition coefficient (Wildman–Crippen LogP) is 8.88. The molecule has 0 N–H and O–H groups in total. The molecule has 0 aliphatic carbocycles. The van der Waals surface area contributed by atoms with Crippen molar-refractivity contribution in [3.05, 3.63) is 126 Å². The number of hydrogen-bond acceptors (Lipinski definition) is 1. The van der Waals surface area contributed by atoms with E-state index in [-0.39, 0.29) is 11.1 Å². The van der Waals surface area contributed by atoms with Crippen LogP contribution in [-0.2, 0) is 5.41 Å². The Morgan fingerprint density at radius 2 is 1.49 bits per heavy atom. The van der Waals surface area contributed by atoms with E-state index in [4.69, 9.17) is 21.2 Å². The quantitative estimate of drug-likeness (QED) is 0.249. The van der Waals surface area contributed by atoms with E-state index >= 15 is 0 Å². The summed E-state index contributed by atoms with van der Waals surface area (Å²) in [5, 5.41) is 1.77. The highest BCUT2D eigenvalue weighted by atomic mass is 16.5. The van der Waals surface area contributed by atoms with Gasteiger partial charge in [0.05, 0.1) is 20.6 Å². The van der Waals surface area contributed by atoms with Gasteiger partial charge in [0.25, 0.3) is 0 Å². The molecule has 35 heavy (non-hydrogen) atoms. The second-order valence-electron chi connectivity index (χ2n) is 8.43. The first-order valence-corrected chi connectivity index (χ1v) is 11.1. The van der Waals surface area contributed by atoms with Gasteiger partial charge in [0, 0.05) is 41.2 Å². The van der Waals surface area contributed by atoms with Gasteiger partial charge in [-0.05, 0) is 53.5 Å². The van der Waals surface area contributed by atoms with Gasteiger partial charge in [0.2, 0.25) is 0 Å². The highest BCUT2D eigenvalue weighted by Gasteiger charge is 2.34. The summed E-state index contributed by atoms with van der Waals surface area (Å²) in [4.78, 5) is 0. The van der Waals surface area contributed by atoms with Crippen molar-refractivity contribution in [2.45, 2.75) is 19.1 Å². The average Bonchev–Trinajstić information content (AvgIpc) is 3.37. The van der Waals surface area contributed by atoms with Crippen LogP contribution in [0, 0.1) is 0 Å². The maximum atomic E-state index is 9.43. The number of rotatable bonds is 2. The van der Waals surface area contributed by atoms with Gasteiger partial charge in [-0.2, -0.15) is 0 Å². The third-order valence-electron chi connectivity index (χ3n) is 6.36. The monoisotopic (exact) mass is 464 g/mol. The van der Waals surface area contributed by atoms with Gasteiger partial charge >= 0.3 is 0 Å². The van der Waals surface area contributed by atoms with Crippen molar-refractivity contribution in [2.24, 2.45) is 0 Å². The molecule has 2 heteroatoms. The van der Waals surface area contributed by atoms with Crippen LogP contribution in [-0.4, -0.2) is 4.57 Å². The molecule has 0 unspecified atom stereocenters. The average molecular weight is 465 g/mol. The summed E-state index contributed by atoms with van der Waals surface area (Å²) < 4.78 is 121. The molecule has 0 radical (unpaired) electrons. The molecule has 0 atom stereocenters. The Hall–Kier alpha value is -4.30. The second kappa shape index (κ2) is 7.35. The van der Waals surface area contributed by atoms with E-state index in [1.807, 2.05) is 59.2 Å². The maximum Gasteiger partial charge on any atom is 0.131 e. The molecule has 5 aromatic carbocycles. The van der Waals surface area contributed by atoms with Crippen LogP contribution in [0.1, 0.15) is 42.7 Å². The largest absolute Gasteiger partial charge is 0.457 e. The highest BCUT2D eigenvalue weighted by molar-refractivity contribution is 6.10. The number of nitrogens with zero attached hydrogens (tertiary/aromatic N) is 1. The second-order valence-corrected chi connectivity index (χ2v) is 8.43. The Labute approximate surface area is 223 Å². The summed E-state index contributed by atoms with van der Waals surface area (Å²) in [6.45, 7) is -7.09. The maximum absolute atomic E-state index is 9.43. The lowest BCUT2D eigenvalue weighted by Crippen LogP contribution is -2.24. The van der Waals surface area contributed by atoms with E-state index < -0.39 is 84.0 Å². The number of hydrogen-bond donors (Lipinski definition) is 0. The zero-order chi connectivity index (χ0) is 34.7. The normalized spacial score (nSPS) is 19.9. The number of aromatic nitrogens is 1. The molecule has 2 heterocycles. The number of para-hydroxylation sites is 3. The van der Waals surface area contributed by atoms with E-state index in [0.29, 0.717) is 5.52 Å². The first kappa shape index (κ1) is 11.0. The van der Waals surface area contributed by atoms with E-state index in [0.717, 1.165) is 22.0 Å². The molecule has 1 aliphatic heterocycles. The van der Waals surface area contributed by atoms with E-state index in [1.54, 1.807) is 18.2 Å². The van der Waals surface area contributed by atoms with Crippen LogP contribution in [0.15, 0.2) is 115 Å². The summed E-state index contributed by atoms with van der Waals surface area (Å²) in [6.07, 6.45) is 0. The zero-order valence-electron chi connectivity index (χ0n) is 31.3. The van der Waals surface area contributed by atoms with Gasteiger partial charge in [-0.15, -0.1) is 0 Å². The standard InChI is InChI=1S/C33H25NO/c1-33(2)27-13-7-9-15-31(27)35-32-19-17-22(20-28(32)33)23-16-18-26-25-12-6-8-14-29(25)34(30(26)21-23)24-10-4-3-5-11-24/h3-21H,1-2H3/i1D3,2D3,7D,9D,13D,15D,17D,19D,20D. The number of ether oxygens (including phenoxy) is 1. The molecule has 1 aromatic heterocycles. The van der Waals surface area contributed by atoms with E-state index in [9.17, 15) is 1.37 Å². The van der Waals surface area contributed by atoms with Crippen molar-refractivity contribution < 1.29 is 22.6 Å². The molecule has 0 saturated carbocycles. The van der Waals surface area contributed by atoms with Crippen LogP contribution in [0.5, 0.6) is 11.5 Å². The molecule has 7 rings (SSSR count). The van der Waals surface area contributed by atoms with Crippen molar-refractivity contribution in [2.75, 3.05) is 0 Å². The first-order valence-electron chi connectivity index (χ1n) is 17.6. The van der Waals surface area contributed by atoms with Crippen molar-refractivity contribution >= 4 is 21.8 Å². The Bertz CT molecular complexity index is 2310. The molecule has 0 fully saturated rings. The molecule has 0 amide bonds. The molecule has 1 aliphatic rings. The molecule has 0 saturated heterocycles. The van der Waals surface area contributed by atoms with Gasteiger partial charge < -0.3 is 9.30 Å². The third kappa shape index (κ3) is 2.96. The minimum atomic E-state index is -3.55. The van der Waals surface area contributed by atoms with Gasteiger partial charge in [0.1, 0.15) is 11.5 Å². The van der Waals surface area contributed by atoms with Crippen LogP contribution in [0.3, 0.4) is 0 Å². The minimum absolute atomic E-state index is 0.226. The molecule has 6 aromatic rings. The summed E-state index contributed by atoms with van der Waals surface area (Å²) in [5.74, 6) is -1.49. The lowest BCUT2D eigenvalue weighted by Gasteiger charge is -2.34. The Morgan fingerprint density at radius 3 is 2.37 bits per heavy atom. The zero-order valence-corrected chi connectivity index (χ0v) is 18.3. The molecule has 0 bridgehead atoms. The molecular formula is C33H25NO. The van der Waals surface area contributed by atoms with Crippen LogP contribution < -0.4 is 4.74 Å². The first-order chi connectivity index (χ1) is 22.5. The Kier molecular flexibility index (Phi) is 2.30. The van der Waals surface area contributed by atoms with Gasteiger partial charge in [-0.1, -0.05) is 86.4 Å². The topological polar surface area (TPSA) is 14.2 Å². The van der Waals surface area contributed by atoms with Gasteiger partial charge in [-0.3, -0.25) is 0 Å². The molecular weight excluding hydrogens is 426 g/mol. The predicted molar refractivity (Wildman–Crippen MR) is 145 cm³/mol. The molecule has 2 nitrogen and oxygen atoms in total. The highest BCUT2D eigenvalue weighted by Crippen LogP contribution is 2.48. The lowest BCUT2D eigenvalue weighted by atomic mass is 9.75. The SMILES string of the molecule is [2H]c1c([2H])c([2H])c2c(c1[2H])Oc1c([2H])c([2H])c(-c3ccc4c5ccccc5n(-c5ccccc5)c4c3)c([2H])c1C2(C([2H])([2H])[2H])C([2H])([2H])[2H]. The van der Waals surface area contributed by atoms with Crippen molar-refractivity contribution in [3.63, 3.8) is 0 Å². The summed E-state index contributed by atoms with van der Waals surface area (Å²) in [7, 11) is 0. The van der Waals surface area contributed by atoms with E-state index in [2.05, 4.69) is 0 Å². The number of benzene rings is 5. The van der Waals surface area contributed by atoms with Crippen LogP contribution in [0.2, 0.25) is 0 Å². The Balaban J connectivity index is 1.62. The van der Waals surface area contributed by atoms with Crippen LogP contribution in [0.25, 0.3) is 38.6 Å². The van der Waals surface area contributed by atoms with Crippen molar-refractivity contribution in [1.82, 2.24) is 4.57 Å². The lowest BCUT2D eigenvalue weighted by molar-refractivity contribution is 0.418. The third-order valence-corrected chi connectivity index (χ3v) is 6.36.